The molecule has 2 rings (SSSR count). The zero-order valence-corrected chi connectivity index (χ0v) is 10.5. The Labute approximate surface area is 102 Å². The number of furan rings is 1. The van der Waals surface area contributed by atoms with Gasteiger partial charge in [0.1, 0.15) is 5.76 Å². The van der Waals surface area contributed by atoms with Crippen LogP contribution in [0.2, 0.25) is 0 Å². The smallest absolute Gasteiger partial charge is 0.240 e. The van der Waals surface area contributed by atoms with E-state index in [-0.39, 0.29) is 5.91 Å². The summed E-state index contributed by atoms with van der Waals surface area (Å²) >= 11 is 0. The molecule has 0 aliphatic carbocycles. The van der Waals surface area contributed by atoms with Crippen LogP contribution in [-0.2, 0) is 11.3 Å². The van der Waals surface area contributed by atoms with Crippen molar-refractivity contribution < 1.29 is 9.21 Å². The first-order valence-corrected chi connectivity index (χ1v) is 6.22. The van der Waals surface area contributed by atoms with Gasteiger partial charge >= 0.3 is 0 Å². The maximum Gasteiger partial charge on any atom is 0.240 e. The Hall–Kier alpha value is -1.29. The number of piperazine rings is 1. The average Bonchev–Trinajstić information content (AvgIpc) is 2.79. The first-order chi connectivity index (χ1) is 8.16. The van der Waals surface area contributed by atoms with Crippen LogP contribution in [0.4, 0.5) is 0 Å². The van der Waals surface area contributed by atoms with Crippen LogP contribution in [0.15, 0.2) is 22.8 Å². The summed E-state index contributed by atoms with van der Waals surface area (Å²) in [6.45, 7) is 6.44. The first kappa shape index (κ1) is 12.2. The van der Waals surface area contributed by atoms with E-state index >= 15 is 0 Å². The average molecular weight is 236 g/mol. The van der Waals surface area contributed by atoms with Crippen molar-refractivity contribution in [2.24, 2.45) is 0 Å². The van der Waals surface area contributed by atoms with Gasteiger partial charge in [-0.2, -0.15) is 0 Å². The van der Waals surface area contributed by atoms with Crippen molar-refractivity contribution in [3.05, 3.63) is 24.2 Å². The van der Waals surface area contributed by atoms with E-state index in [1.807, 2.05) is 19.1 Å². The lowest BCUT2D eigenvalue weighted by Crippen LogP contribution is -2.62. The fraction of sp³-hybridized carbons (Fsp3) is 0.615. The lowest BCUT2D eigenvalue weighted by Gasteiger charge is -2.43. The zero-order chi connectivity index (χ0) is 12.3. The second kappa shape index (κ2) is 4.92. The number of rotatable bonds is 4. The topological polar surface area (TPSA) is 45.5 Å². The molecule has 0 radical (unpaired) electrons. The summed E-state index contributed by atoms with van der Waals surface area (Å²) in [5, 5.41) is 2.96. The molecule has 1 aliphatic heterocycles. The molecule has 94 valence electrons. The maximum absolute atomic E-state index is 12.1. The van der Waals surface area contributed by atoms with Crippen LogP contribution in [0.1, 0.15) is 32.4 Å². The Morgan fingerprint density at radius 1 is 1.59 bits per heavy atom. The second-order valence-corrected chi connectivity index (χ2v) is 4.78. The van der Waals surface area contributed by atoms with Gasteiger partial charge in [-0.25, -0.2) is 0 Å². The maximum atomic E-state index is 12.1. The summed E-state index contributed by atoms with van der Waals surface area (Å²) in [6, 6.07) is 3.84. The van der Waals surface area contributed by atoms with E-state index in [2.05, 4.69) is 17.1 Å². The number of hydrogen-bond donors (Lipinski definition) is 1. The van der Waals surface area contributed by atoms with Crippen molar-refractivity contribution in [2.75, 3.05) is 13.1 Å². The van der Waals surface area contributed by atoms with E-state index in [1.54, 1.807) is 6.26 Å². The molecule has 1 aliphatic rings. The largest absolute Gasteiger partial charge is 0.468 e. The number of nitrogens with zero attached hydrogens (tertiary/aromatic N) is 1. The van der Waals surface area contributed by atoms with Gasteiger partial charge in [0.15, 0.2) is 0 Å². The van der Waals surface area contributed by atoms with Gasteiger partial charge in [-0.05, 0) is 25.5 Å². The molecule has 1 saturated heterocycles. The van der Waals surface area contributed by atoms with Crippen LogP contribution in [0, 0.1) is 0 Å². The molecule has 0 saturated carbocycles. The predicted molar refractivity (Wildman–Crippen MR) is 65.4 cm³/mol. The van der Waals surface area contributed by atoms with Crippen LogP contribution >= 0.6 is 0 Å². The highest BCUT2D eigenvalue weighted by molar-refractivity contribution is 5.86. The molecule has 0 unspecified atom stereocenters. The van der Waals surface area contributed by atoms with Gasteiger partial charge in [-0.3, -0.25) is 9.69 Å². The predicted octanol–water partition coefficient (Wildman–Crippen LogP) is 1.77. The molecular formula is C13H20N2O2. The number of carbonyl (C=O) groups excluding carboxylic acids is 1. The molecule has 1 fully saturated rings. The second-order valence-electron chi connectivity index (χ2n) is 4.78. The highest BCUT2D eigenvalue weighted by atomic mass is 16.3. The zero-order valence-electron chi connectivity index (χ0n) is 10.5. The number of nitrogens with one attached hydrogen (secondary N) is 1. The summed E-state index contributed by atoms with van der Waals surface area (Å²) in [4.78, 5) is 14.3. The fourth-order valence-corrected chi connectivity index (χ4v) is 2.49. The molecule has 0 aromatic carbocycles. The molecule has 1 amide bonds. The monoisotopic (exact) mass is 236 g/mol. The molecule has 1 aromatic heterocycles. The highest BCUT2D eigenvalue weighted by Gasteiger charge is 2.41. The number of hydrogen-bond acceptors (Lipinski definition) is 3. The molecule has 4 nitrogen and oxygen atoms in total. The van der Waals surface area contributed by atoms with E-state index in [4.69, 9.17) is 4.42 Å². The minimum absolute atomic E-state index is 0.136. The molecule has 17 heavy (non-hydrogen) atoms. The van der Waals surface area contributed by atoms with Crippen molar-refractivity contribution in [2.45, 2.75) is 38.8 Å². The van der Waals surface area contributed by atoms with Crippen molar-refractivity contribution >= 4 is 5.91 Å². The van der Waals surface area contributed by atoms with Gasteiger partial charge in [0, 0.05) is 13.1 Å². The summed E-state index contributed by atoms with van der Waals surface area (Å²) in [5.74, 6) is 1.05. The first-order valence-electron chi connectivity index (χ1n) is 6.22. The van der Waals surface area contributed by atoms with E-state index in [1.165, 1.54) is 0 Å². The van der Waals surface area contributed by atoms with Gasteiger partial charge < -0.3 is 9.73 Å². The Morgan fingerprint density at radius 2 is 2.41 bits per heavy atom. The van der Waals surface area contributed by atoms with Crippen LogP contribution < -0.4 is 5.32 Å². The van der Waals surface area contributed by atoms with Crippen molar-refractivity contribution in [1.29, 1.82) is 0 Å². The third-order valence-corrected chi connectivity index (χ3v) is 3.52. The normalized spacial score (nSPS) is 25.9. The standard InChI is InChI=1S/C13H20N2O2/c1-3-6-13(2)12(16)14-7-8-15(13)10-11-5-4-9-17-11/h4-5,9H,3,6-8,10H2,1-2H3,(H,14,16)/t13-/m0/s1. The van der Waals surface area contributed by atoms with Gasteiger partial charge in [0.2, 0.25) is 5.91 Å². The molecule has 1 aromatic rings. The van der Waals surface area contributed by atoms with Crippen molar-refractivity contribution in [1.82, 2.24) is 10.2 Å². The molecule has 1 N–H and O–H groups in total. The lowest BCUT2D eigenvalue weighted by molar-refractivity contribution is -0.137. The SMILES string of the molecule is CCC[C@@]1(C)C(=O)NCCN1Cc1ccco1. The van der Waals surface area contributed by atoms with Crippen molar-refractivity contribution in [3.8, 4) is 0 Å². The summed E-state index contributed by atoms with van der Waals surface area (Å²) in [6.07, 6.45) is 3.55. The minimum Gasteiger partial charge on any atom is -0.468 e. The van der Waals surface area contributed by atoms with Crippen LogP contribution in [-0.4, -0.2) is 29.4 Å². The Bertz CT molecular complexity index is 375. The summed E-state index contributed by atoms with van der Waals surface area (Å²) in [7, 11) is 0. The Morgan fingerprint density at radius 3 is 3.06 bits per heavy atom. The van der Waals surface area contributed by atoms with E-state index < -0.39 is 5.54 Å². The van der Waals surface area contributed by atoms with Gasteiger partial charge in [0.05, 0.1) is 18.3 Å². The summed E-state index contributed by atoms with van der Waals surface area (Å²) < 4.78 is 5.37. The molecule has 4 heteroatoms. The van der Waals surface area contributed by atoms with Crippen molar-refractivity contribution in [3.63, 3.8) is 0 Å². The van der Waals surface area contributed by atoms with Gasteiger partial charge in [-0.15, -0.1) is 0 Å². The Balaban J connectivity index is 2.14. The molecule has 2 heterocycles. The van der Waals surface area contributed by atoms with E-state index in [0.717, 1.165) is 31.7 Å². The third kappa shape index (κ3) is 2.36. The minimum atomic E-state index is -0.403. The third-order valence-electron chi connectivity index (χ3n) is 3.52. The number of amides is 1. The molecule has 0 spiro atoms. The van der Waals surface area contributed by atoms with Crippen LogP contribution in [0.3, 0.4) is 0 Å². The molecular weight excluding hydrogens is 216 g/mol. The highest BCUT2D eigenvalue weighted by Crippen LogP contribution is 2.26. The Kier molecular flexibility index (Phi) is 3.52. The summed E-state index contributed by atoms with van der Waals surface area (Å²) in [5.41, 5.74) is -0.403. The molecule has 1 atom stereocenters. The fourth-order valence-electron chi connectivity index (χ4n) is 2.49. The van der Waals surface area contributed by atoms with Crippen LogP contribution in [0.5, 0.6) is 0 Å². The van der Waals surface area contributed by atoms with Gasteiger partial charge in [0.25, 0.3) is 0 Å². The quantitative estimate of drug-likeness (QED) is 0.866. The van der Waals surface area contributed by atoms with E-state index in [9.17, 15) is 4.79 Å². The number of carbonyl (C=O) groups is 1. The van der Waals surface area contributed by atoms with Gasteiger partial charge in [-0.1, -0.05) is 13.3 Å². The van der Waals surface area contributed by atoms with E-state index in [0.29, 0.717) is 6.54 Å². The van der Waals surface area contributed by atoms with Crippen LogP contribution in [0.25, 0.3) is 0 Å². The molecule has 0 bridgehead atoms. The lowest BCUT2D eigenvalue weighted by atomic mass is 9.90.